The van der Waals surface area contributed by atoms with E-state index in [1.807, 2.05) is 47.3 Å². The number of carbonyl (C=O) groups is 1. The molecule has 21 heavy (non-hydrogen) atoms. The number of carbonyl (C=O) groups excluding carboxylic acids is 1. The van der Waals surface area contributed by atoms with E-state index in [4.69, 9.17) is 5.73 Å². The van der Waals surface area contributed by atoms with Crippen LogP contribution in [0.4, 0.5) is 0 Å². The molecule has 2 rings (SSSR count). The number of benzene rings is 1. The third-order valence-corrected chi connectivity index (χ3v) is 3.89. The molecule has 0 aliphatic heterocycles. The summed E-state index contributed by atoms with van der Waals surface area (Å²) in [6.45, 7) is 4.57. The van der Waals surface area contributed by atoms with Crippen molar-refractivity contribution < 1.29 is 4.79 Å². The Balaban J connectivity index is 2.08. The standard InChI is InChI=1S/C17H23N3O/c1-3-13(2)20-10-9-15(19-20)11-17(21)16(12-18)14-7-5-4-6-8-14/h4-10,13,16H,3,11-12,18H2,1-2H3. The van der Waals surface area contributed by atoms with Gasteiger partial charge in [0.25, 0.3) is 0 Å². The quantitative estimate of drug-likeness (QED) is 0.851. The Morgan fingerprint density at radius 3 is 2.62 bits per heavy atom. The van der Waals surface area contributed by atoms with Gasteiger partial charge in [-0.25, -0.2) is 0 Å². The number of aromatic nitrogens is 2. The Kier molecular flexibility index (Phi) is 5.28. The first-order chi connectivity index (χ1) is 10.2. The first-order valence-electron chi connectivity index (χ1n) is 7.47. The summed E-state index contributed by atoms with van der Waals surface area (Å²) in [5.74, 6) is -0.127. The van der Waals surface area contributed by atoms with Gasteiger partial charge in [0, 0.05) is 18.8 Å². The third-order valence-electron chi connectivity index (χ3n) is 3.89. The van der Waals surface area contributed by atoms with E-state index in [1.54, 1.807) is 0 Å². The molecule has 0 amide bonds. The lowest BCUT2D eigenvalue weighted by Gasteiger charge is -2.13. The van der Waals surface area contributed by atoms with Gasteiger partial charge < -0.3 is 5.73 Å². The largest absolute Gasteiger partial charge is 0.329 e. The van der Waals surface area contributed by atoms with E-state index in [0.29, 0.717) is 19.0 Å². The van der Waals surface area contributed by atoms with Crippen molar-refractivity contribution in [2.75, 3.05) is 6.54 Å². The van der Waals surface area contributed by atoms with Crippen LogP contribution in [0.1, 0.15) is 43.5 Å². The summed E-state index contributed by atoms with van der Waals surface area (Å²) >= 11 is 0. The lowest BCUT2D eigenvalue weighted by Crippen LogP contribution is -2.23. The molecule has 0 saturated heterocycles. The lowest BCUT2D eigenvalue weighted by molar-refractivity contribution is -0.119. The molecule has 112 valence electrons. The van der Waals surface area contributed by atoms with Gasteiger partial charge in [-0.2, -0.15) is 5.10 Å². The Hall–Kier alpha value is -1.94. The summed E-state index contributed by atoms with van der Waals surface area (Å²) in [7, 11) is 0. The van der Waals surface area contributed by atoms with Crippen molar-refractivity contribution in [2.24, 2.45) is 5.73 Å². The van der Waals surface area contributed by atoms with Gasteiger partial charge in [0.2, 0.25) is 0 Å². The first-order valence-corrected chi connectivity index (χ1v) is 7.47. The maximum Gasteiger partial charge on any atom is 0.147 e. The second-order valence-corrected chi connectivity index (χ2v) is 5.39. The number of hydrogen-bond donors (Lipinski definition) is 1. The monoisotopic (exact) mass is 285 g/mol. The van der Waals surface area contributed by atoms with E-state index >= 15 is 0 Å². The van der Waals surface area contributed by atoms with Crippen LogP contribution < -0.4 is 5.73 Å². The zero-order valence-electron chi connectivity index (χ0n) is 12.7. The lowest BCUT2D eigenvalue weighted by atomic mass is 9.92. The van der Waals surface area contributed by atoms with E-state index < -0.39 is 0 Å². The number of Topliss-reactive ketones (excluding diaryl/α,β-unsaturated/α-hetero) is 1. The molecule has 0 fully saturated rings. The molecule has 0 bridgehead atoms. The van der Waals surface area contributed by atoms with Gasteiger partial charge in [0.15, 0.2) is 0 Å². The predicted octanol–water partition coefficient (Wildman–Crippen LogP) is 2.71. The molecule has 0 spiro atoms. The van der Waals surface area contributed by atoms with Gasteiger partial charge >= 0.3 is 0 Å². The fourth-order valence-corrected chi connectivity index (χ4v) is 2.34. The summed E-state index contributed by atoms with van der Waals surface area (Å²) in [6, 6.07) is 12.0. The van der Waals surface area contributed by atoms with Crippen molar-refractivity contribution in [1.29, 1.82) is 0 Å². The molecule has 1 aromatic heterocycles. The van der Waals surface area contributed by atoms with Gasteiger partial charge in [-0.1, -0.05) is 37.3 Å². The SMILES string of the molecule is CCC(C)n1ccc(CC(=O)C(CN)c2ccccc2)n1. The predicted molar refractivity (Wildman–Crippen MR) is 84.2 cm³/mol. The van der Waals surface area contributed by atoms with Gasteiger partial charge in [0.1, 0.15) is 5.78 Å². The average molecular weight is 285 g/mol. The molecule has 2 atom stereocenters. The van der Waals surface area contributed by atoms with Crippen molar-refractivity contribution in [3.63, 3.8) is 0 Å². The molecule has 0 saturated carbocycles. The fourth-order valence-electron chi connectivity index (χ4n) is 2.34. The fraction of sp³-hybridized carbons (Fsp3) is 0.412. The van der Waals surface area contributed by atoms with Gasteiger partial charge in [0.05, 0.1) is 18.0 Å². The smallest absolute Gasteiger partial charge is 0.147 e. The van der Waals surface area contributed by atoms with E-state index in [0.717, 1.165) is 17.7 Å². The van der Waals surface area contributed by atoms with E-state index in [2.05, 4.69) is 18.9 Å². The maximum atomic E-state index is 12.5. The minimum Gasteiger partial charge on any atom is -0.329 e. The number of rotatable bonds is 7. The second-order valence-electron chi connectivity index (χ2n) is 5.39. The zero-order chi connectivity index (χ0) is 15.2. The Morgan fingerprint density at radius 2 is 2.00 bits per heavy atom. The van der Waals surface area contributed by atoms with Crippen molar-refractivity contribution in [1.82, 2.24) is 9.78 Å². The highest BCUT2D eigenvalue weighted by Crippen LogP contribution is 2.18. The minimum absolute atomic E-state index is 0.123. The number of nitrogens with zero attached hydrogens (tertiary/aromatic N) is 2. The molecule has 2 aromatic rings. The van der Waals surface area contributed by atoms with Crippen LogP contribution in [0.25, 0.3) is 0 Å². The highest BCUT2D eigenvalue weighted by molar-refractivity contribution is 5.87. The third kappa shape index (κ3) is 3.79. The number of hydrogen-bond acceptors (Lipinski definition) is 3. The normalized spacial score (nSPS) is 13.9. The summed E-state index contributed by atoms with van der Waals surface area (Å²) in [4.78, 5) is 12.5. The second kappa shape index (κ2) is 7.18. The molecule has 1 aromatic carbocycles. The number of nitrogens with two attached hydrogens (primary N) is 1. The molecule has 4 heteroatoms. The van der Waals surface area contributed by atoms with Crippen LogP contribution in [0.5, 0.6) is 0 Å². The average Bonchev–Trinajstić information content (AvgIpc) is 2.96. The topological polar surface area (TPSA) is 60.9 Å². The summed E-state index contributed by atoms with van der Waals surface area (Å²) in [6.07, 6.45) is 3.29. The molecular formula is C17H23N3O. The number of ketones is 1. The highest BCUT2D eigenvalue weighted by atomic mass is 16.1. The van der Waals surface area contributed by atoms with E-state index in [1.165, 1.54) is 0 Å². The first kappa shape index (κ1) is 15.4. The molecular weight excluding hydrogens is 262 g/mol. The van der Waals surface area contributed by atoms with Crippen LogP contribution in [0.2, 0.25) is 0 Å². The Labute approximate surface area is 126 Å². The Morgan fingerprint density at radius 1 is 1.29 bits per heavy atom. The highest BCUT2D eigenvalue weighted by Gasteiger charge is 2.20. The van der Waals surface area contributed by atoms with Crippen LogP contribution in [0.15, 0.2) is 42.6 Å². The summed E-state index contributed by atoms with van der Waals surface area (Å²) in [5, 5.41) is 4.49. The summed E-state index contributed by atoms with van der Waals surface area (Å²) in [5.41, 5.74) is 7.58. The summed E-state index contributed by atoms with van der Waals surface area (Å²) < 4.78 is 1.92. The van der Waals surface area contributed by atoms with Crippen LogP contribution in [-0.4, -0.2) is 22.1 Å². The van der Waals surface area contributed by atoms with Crippen molar-refractivity contribution in [3.05, 3.63) is 53.9 Å². The minimum atomic E-state index is -0.250. The van der Waals surface area contributed by atoms with Crippen LogP contribution in [0.3, 0.4) is 0 Å². The van der Waals surface area contributed by atoms with Crippen molar-refractivity contribution in [3.8, 4) is 0 Å². The molecule has 0 aliphatic rings. The molecule has 1 heterocycles. The molecule has 4 nitrogen and oxygen atoms in total. The van der Waals surface area contributed by atoms with E-state index in [-0.39, 0.29) is 11.7 Å². The van der Waals surface area contributed by atoms with Gasteiger partial charge in [-0.05, 0) is 25.0 Å². The van der Waals surface area contributed by atoms with Crippen molar-refractivity contribution >= 4 is 5.78 Å². The van der Waals surface area contributed by atoms with Crippen LogP contribution in [0, 0.1) is 0 Å². The van der Waals surface area contributed by atoms with Crippen LogP contribution >= 0.6 is 0 Å². The Bertz CT molecular complexity index is 577. The van der Waals surface area contributed by atoms with Crippen molar-refractivity contribution in [2.45, 2.75) is 38.6 Å². The zero-order valence-corrected chi connectivity index (χ0v) is 12.7. The van der Waals surface area contributed by atoms with Crippen LogP contribution in [-0.2, 0) is 11.2 Å². The van der Waals surface area contributed by atoms with Gasteiger partial charge in [-0.3, -0.25) is 9.48 Å². The van der Waals surface area contributed by atoms with E-state index in [9.17, 15) is 4.79 Å². The molecule has 0 aliphatic carbocycles. The van der Waals surface area contributed by atoms with Gasteiger partial charge in [-0.15, -0.1) is 0 Å². The molecule has 0 radical (unpaired) electrons. The molecule has 2 N–H and O–H groups in total. The molecule has 2 unspecified atom stereocenters. The maximum absolute atomic E-state index is 12.5.